The predicted octanol–water partition coefficient (Wildman–Crippen LogP) is 4.06. The number of rotatable bonds is 3. The van der Waals surface area contributed by atoms with Crippen LogP contribution in [0.4, 0.5) is 0 Å². The van der Waals surface area contributed by atoms with Gasteiger partial charge in [0.25, 0.3) is 0 Å². The fraction of sp³-hybridized carbons (Fsp3) is 0.231. The molecule has 0 aliphatic heterocycles. The van der Waals surface area contributed by atoms with Crippen molar-refractivity contribution in [2.45, 2.75) is 19.4 Å². The van der Waals surface area contributed by atoms with Crippen molar-refractivity contribution in [3.63, 3.8) is 0 Å². The van der Waals surface area contributed by atoms with E-state index in [1.807, 2.05) is 12.1 Å². The Balaban J connectivity index is 2.14. The predicted molar refractivity (Wildman–Crippen MR) is 73.8 cm³/mol. The molecule has 3 heteroatoms. The largest absolute Gasteiger partial charge is 0.324 e. The molecular weight excluding hydrogens is 282 g/mol. The van der Waals surface area contributed by atoms with Crippen LogP contribution in [0.15, 0.2) is 40.2 Å². The van der Waals surface area contributed by atoms with E-state index in [0.29, 0.717) is 0 Å². The van der Waals surface area contributed by atoms with Gasteiger partial charge in [0.15, 0.2) is 0 Å². The summed E-state index contributed by atoms with van der Waals surface area (Å²) in [4.78, 5) is 1.32. The summed E-state index contributed by atoms with van der Waals surface area (Å²) in [5, 5.41) is 2.10. The first-order chi connectivity index (χ1) is 7.66. The molecule has 0 amide bonds. The van der Waals surface area contributed by atoms with E-state index in [4.69, 9.17) is 5.73 Å². The minimum absolute atomic E-state index is 0.0977. The summed E-state index contributed by atoms with van der Waals surface area (Å²) in [5.74, 6) is 0. The van der Waals surface area contributed by atoms with E-state index in [2.05, 4.69) is 46.4 Å². The van der Waals surface area contributed by atoms with E-state index in [0.717, 1.165) is 10.9 Å². The van der Waals surface area contributed by atoms with E-state index in [-0.39, 0.29) is 6.04 Å². The van der Waals surface area contributed by atoms with Gasteiger partial charge >= 0.3 is 0 Å². The van der Waals surface area contributed by atoms with Crippen molar-refractivity contribution in [3.8, 4) is 0 Å². The molecule has 0 bridgehead atoms. The summed E-state index contributed by atoms with van der Waals surface area (Å²) in [7, 11) is 0. The maximum absolute atomic E-state index is 6.21. The molecule has 0 fully saturated rings. The molecule has 2 aromatic rings. The maximum Gasteiger partial charge on any atom is 0.0346 e. The van der Waals surface area contributed by atoms with Gasteiger partial charge in [0.2, 0.25) is 0 Å². The van der Waals surface area contributed by atoms with Crippen LogP contribution in [0.1, 0.15) is 22.0 Å². The Kier molecular flexibility index (Phi) is 3.79. The van der Waals surface area contributed by atoms with Gasteiger partial charge in [0.05, 0.1) is 0 Å². The lowest BCUT2D eigenvalue weighted by Crippen LogP contribution is -2.13. The Morgan fingerprint density at radius 1 is 1.38 bits per heavy atom. The fourth-order valence-corrected chi connectivity index (χ4v) is 3.03. The topological polar surface area (TPSA) is 26.0 Å². The third-order valence-corrected chi connectivity index (χ3v) is 4.00. The molecular formula is C13H14BrNS. The second-order valence-corrected chi connectivity index (χ2v) is 5.91. The zero-order valence-corrected chi connectivity index (χ0v) is 11.5. The van der Waals surface area contributed by atoms with E-state index < -0.39 is 0 Å². The molecule has 0 radical (unpaired) electrons. The van der Waals surface area contributed by atoms with Crippen molar-refractivity contribution in [1.29, 1.82) is 0 Å². The van der Waals surface area contributed by atoms with Crippen LogP contribution in [0.5, 0.6) is 0 Å². The summed E-state index contributed by atoms with van der Waals surface area (Å²) >= 11 is 5.23. The Morgan fingerprint density at radius 2 is 2.19 bits per heavy atom. The van der Waals surface area contributed by atoms with Gasteiger partial charge in [-0.25, -0.2) is 0 Å². The van der Waals surface area contributed by atoms with Crippen LogP contribution in [0, 0.1) is 6.92 Å². The van der Waals surface area contributed by atoms with E-state index in [9.17, 15) is 0 Å². The molecule has 0 aliphatic carbocycles. The van der Waals surface area contributed by atoms with Crippen LogP contribution in [0.2, 0.25) is 0 Å². The molecule has 1 aromatic carbocycles. The minimum Gasteiger partial charge on any atom is -0.324 e. The van der Waals surface area contributed by atoms with Gasteiger partial charge in [-0.1, -0.05) is 28.1 Å². The maximum atomic E-state index is 6.21. The molecule has 0 saturated carbocycles. The van der Waals surface area contributed by atoms with Gasteiger partial charge in [-0.05, 0) is 48.1 Å². The molecule has 1 aromatic heterocycles. The van der Waals surface area contributed by atoms with Gasteiger partial charge < -0.3 is 5.73 Å². The highest BCUT2D eigenvalue weighted by atomic mass is 79.9. The van der Waals surface area contributed by atoms with Crippen LogP contribution < -0.4 is 5.73 Å². The first kappa shape index (κ1) is 11.8. The molecule has 1 nitrogen and oxygen atoms in total. The average molecular weight is 296 g/mol. The monoisotopic (exact) mass is 295 g/mol. The molecule has 84 valence electrons. The highest BCUT2D eigenvalue weighted by molar-refractivity contribution is 9.10. The summed E-state index contributed by atoms with van der Waals surface area (Å²) in [6, 6.07) is 10.6. The highest BCUT2D eigenvalue weighted by Crippen LogP contribution is 2.24. The number of nitrogens with two attached hydrogens (primary N) is 1. The lowest BCUT2D eigenvalue weighted by atomic mass is 10.0. The molecule has 1 heterocycles. The number of benzene rings is 1. The minimum atomic E-state index is 0.0977. The zero-order chi connectivity index (χ0) is 11.5. The Labute approximate surface area is 108 Å². The van der Waals surface area contributed by atoms with Gasteiger partial charge in [-0.3, -0.25) is 0 Å². The van der Waals surface area contributed by atoms with Crippen molar-refractivity contribution in [2.75, 3.05) is 0 Å². The Morgan fingerprint density at radius 3 is 2.81 bits per heavy atom. The van der Waals surface area contributed by atoms with Crippen molar-refractivity contribution >= 4 is 27.3 Å². The lowest BCUT2D eigenvalue weighted by molar-refractivity contribution is 0.720. The zero-order valence-electron chi connectivity index (χ0n) is 9.11. The molecule has 2 rings (SSSR count). The van der Waals surface area contributed by atoms with Gasteiger partial charge in [-0.2, -0.15) is 0 Å². The number of hydrogen-bond donors (Lipinski definition) is 1. The Hall–Kier alpha value is -0.640. The summed E-state index contributed by atoms with van der Waals surface area (Å²) in [6.07, 6.45) is 0.886. The van der Waals surface area contributed by atoms with E-state index in [1.165, 1.54) is 16.0 Å². The third-order valence-electron chi connectivity index (χ3n) is 2.64. The summed E-state index contributed by atoms with van der Waals surface area (Å²) in [5.41, 5.74) is 8.75. The van der Waals surface area contributed by atoms with E-state index >= 15 is 0 Å². The van der Waals surface area contributed by atoms with Crippen LogP contribution in [-0.2, 0) is 6.42 Å². The van der Waals surface area contributed by atoms with E-state index in [1.54, 1.807) is 11.3 Å². The van der Waals surface area contributed by atoms with Crippen molar-refractivity contribution < 1.29 is 0 Å². The van der Waals surface area contributed by atoms with Crippen LogP contribution in [0.25, 0.3) is 0 Å². The first-order valence-electron chi connectivity index (χ1n) is 5.21. The third kappa shape index (κ3) is 2.73. The van der Waals surface area contributed by atoms with Gasteiger partial charge in [0, 0.05) is 15.4 Å². The van der Waals surface area contributed by atoms with Crippen LogP contribution >= 0.6 is 27.3 Å². The van der Waals surface area contributed by atoms with Crippen molar-refractivity contribution in [2.24, 2.45) is 5.73 Å². The molecule has 2 N–H and O–H groups in total. The molecule has 0 aliphatic rings. The summed E-state index contributed by atoms with van der Waals surface area (Å²) in [6.45, 7) is 2.13. The lowest BCUT2D eigenvalue weighted by Gasteiger charge is -2.11. The van der Waals surface area contributed by atoms with Gasteiger partial charge in [-0.15, -0.1) is 11.3 Å². The second kappa shape index (κ2) is 5.13. The number of hydrogen-bond acceptors (Lipinski definition) is 2. The van der Waals surface area contributed by atoms with Crippen LogP contribution in [-0.4, -0.2) is 0 Å². The first-order valence-corrected chi connectivity index (χ1v) is 6.88. The normalized spacial score (nSPS) is 12.7. The van der Waals surface area contributed by atoms with Crippen molar-refractivity contribution in [3.05, 3.63) is 56.2 Å². The molecule has 1 atom stereocenters. The van der Waals surface area contributed by atoms with Gasteiger partial charge in [0.1, 0.15) is 0 Å². The smallest absolute Gasteiger partial charge is 0.0346 e. The second-order valence-electron chi connectivity index (χ2n) is 3.87. The standard InChI is InChI=1S/C13H14BrNS/c1-9-12(5-6-16-9)13(15)8-10-3-2-4-11(14)7-10/h2-7,13H,8,15H2,1H3. The average Bonchev–Trinajstić information content (AvgIpc) is 2.64. The van der Waals surface area contributed by atoms with Crippen LogP contribution in [0.3, 0.4) is 0 Å². The fourth-order valence-electron chi connectivity index (χ4n) is 1.81. The molecule has 16 heavy (non-hydrogen) atoms. The van der Waals surface area contributed by atoms with Crippen molar-refractivity contribution in [1.82, 2.24) is 0 Å². The highest BCUT2D eigenvalue weighted by Gasteiger charge is 2.10. The molecule has 1 unspecified atom stereocenters. The molecule has 0 saturated heterocycles. The SMILES string of the molecule is Cc1sccc1C(N)Cc1cccc(Br)c1. The number of aryl methyl sites for hydroxylation is 1. The molecule has 0 spiro atoms. The Bertz CT molecular complexity index is 478. The number of halogens is 1. The quantitative estimate of drug-likeness (QED) is 0.908. The number of thiophene rings is 1. The summed E-state index contributed by atoms with van der Waals surface area (Å²) < 4.78 is 1.11.